The Hall–Kier alpha value is -1.97. The molecule has 1 aromatic carbocycles. The van der Waals surface area contributed by atoms with Crippen molar-refractivity contribution in [1.82, 2.24) is 9.21 Å². The Bertz CT molecular complexity index is 931. The molecule has 3 aliphatic heterocycles. The zero-order chi connectivity index (χ0) is 20.8. The first-order valence-corrected chi connectivity index (χ1v) is 11.5. The van der Waals surface area contributed by atoms with Crippen LogP contribution in [0.25, 0.3) is 0 Å². The summed E-state index contributed by atoms with van der Waals surface area (Å²) in [5.41, 5.74) is 0.372. The molecular formula is C20H27N3O5S. The van der Waals surface area contributed by atoms with E-state index >= 15 is 0 Å². The van der Waals surface area contributed by atoms with E-state index < -0.39 is 15.4 Å². The third kappa shape index (κ3) is 3.45. The van der Waals surface area contributed by atoms with E-state index in [0.29, 0.717) is 50.6 Å². The Kier molecular flexibility index (Phi) is 5.16. The van der Waals surface area contributed by atoms with Gasteiger partial charge in [-0.15, -0.1) is 0 Å². The Morgan fingerprint density at radius 3 is 2.41 bits per heavy atom. The minimum Gasteiger partial charge on any atom is -0.378 e. The van der Waals surface area contributed by atoms with Crippen LogP contribution in [0.5, 0.6) is 0 Å². The molecular weight excluding hydrogens is 394 g/mol. The van der Waals surface area contributed by atoms with E-state index in [0.717, 1.165) is 12.8 Å². The predicted molar refractivity (Wildman–Crippen MR) is 107 cm³/mol. The highest BCUT2D eigenvalue weighted by Gasteiger charge is 2.45. The average Bonchev–Trinajstić information content (AvgIpc) is 3.32. The zero-order valence-electron chi connectivity index (χ0n) is 16.9. The monoisotopic (exact) mass is 421 g/mol. The number of carbonyl (C=O) groups excluding carboxylic acids is 2. The number of benzene rings is 1. The molecule has 0 spiro atoms. The van der Waals surface area contributed by atoms with Gasteiger partial charge < -0.3 is 14.5 Å². The van der Waals surface area contributed by atoms with Gasteiger partial charge in [0.25, 0.3) is 0 Å². The minimum absolute atomic E-state index is 0.0481. The van der Waals surface area contributed by atoms with Crippen LogP contribution in [0.15, 0.2) is 23.1 Å². The van der Waals surface area contributed by atoms with Gasteiger partial charge in [-0.3, -0.25) is 9.59 Å². The third-order valence-electron chi connectivity index (χ3n) is 6.07. The van der Waals surface area contributed by atoms with E-state index in [4.69, 9.17) is 4.74 Å². The number of fused-ring (bicyclic) bond motifs is 1. The van der Waals surface area contributed by atoms with Crippen molar-refractivity contribution in [3.8, 4) is 0 Å². The lowest BCUT2D eigenvalue weighted by atomic mass is 9.86. The largest absolute Gasteiger partial charge is 0.378 e. The molecule has 0 bridgehead atoms. The lowest BCUT2D eigenvalue weighted by Crippen LogP contribution is -2.47. The quantitative estimate of drug-likeness (QED) is 0.723. The zero-order valence-corrected chi connectivity index (χ0v) is 17.7. The summed E-state index contributed by atoms with van der Waals surface area (Å²) in [6.45, 7) is 6.60. The van der Waals surface area contributed by atoms with Gasteiger partial charge in [-0.05, 0) is 50.5 Å². The molecule has 29 heavy (non-hydrogen) atoms. The van der Waals surface area contributed by atoms with E-state index in [1.54, 1.807) is 36.9 Å². The minimum atomic E-state index is -3.57. The van der Waals surface area contributed by atoms with Crippen molar-refractivity contribution in [3.05, 3.63) is 23.8 Å². The van der Waals surface area contributed by atoms with E-state index in [2.05, 4.69) is 0 Å². The predicted octanol–water partition coefficient (Wildman–Crippen LogP) is 0.954. The van der Waals surface area contributed by atoms with Gasteiger partial charge in [-0.2, -0.15) is 4.31 Å². The van der Waals surface area contributed by atoms with E-state index in [-0.39, 0.29) is 23.3 Å². The fraction of sp³-hybridized carbons (Fsp3) is 0.600. The van der Waals surface area contributed by atoms with E-state index in [1.165, 1.54) is 9.21 Å². The van der Waals surface area contributed by atoms with Crippen molar-refractivity contribution in [2.75, 3.05) is 50.8 Å². The van der Waals surface area contributed by atoms with Crippen LogP contribution in [0.2, 0.25) is 0 Å². The fourth-order valence-electron chi connectivity index (χ4n) is 4.26. The van der Waals surface area contributed by atoms with Gasteiger partial charge in [-0.1, -0.05) is 0 Å². The molecule has 3 aliphatic rings. The molecule has 8 nitrogen and oxygen atoms in total. The molecule has 2 saturated heterocycles. The second-order valence-corrected chi connectivity index (χ2v) is 10.2. The molecule has 0 saturated carbocycles. The lowest BCUT2D eigenvalue weighted by molar-refractivity contribution is -0.135. The molecule has 0 N–H and O–H groups in total. The third-order valence-corrected chi connectivity index (χ3v) is 7.97. The van der Waals surface area contributed by atoms with Gasteiger partial charge in [0.2, 0.25) is 21.8 Å². The Labute approximate surface area is 171 Å². The van der Waals surface area contributed by atoms with Crippen LogP contribution in [0, 0.1) is 0 Å². The van der Waals surface area contributed by atoms with Crippen LogP contribution in [0.3, 0.4) is 0 Å². The first-order valence-electron chi connectivity index (χ1n) is 10.0. The summed E-state index contributed by atoms with van der Waals surface area (Å²) in [5, 5.41) is 0. The highest BCUT2D eigenvalue weighted by atomic mass is 32.2. The number of morpholine rings is 1. The second-order valence-electron chi connectivity index (χ2n) is 8.30. The van der Waals surface area contributed by atoms with Gasteiger partial charge in [0.1, 0.15) is 6.54 Å². The molecule has 0 atom stereocenters. The molecule has 2 amide bonds. The van der Waals surface area contributed by atoms with Gasteiger partial charge in [0, 0.05) is 31.9 Å². The Balaban J connectivity index is 1.64. The molecule has 1 aromatic rings. The number of ether oxygens (including phenoxy) is 1. The van der Waals surface area contributed by atoms with E-state index in [1.807, 2.05) is 0 Å². The topological polar surface area (TPSA) is 87.2 Å². The number of anilines is 1. The molecule has 158 valence electrons. The van der Waals surface area contributed by atoms with Crippen LogP contribution < -0.4 is 4.90 Å². The van der Waals surface area contributed by atoms with Crippen LogP contribution in [0.1, 0.15) is 32.3 Å². The van der Waals surface area contributed by atoms with Gasteiger partial charge in [-0.25, -0.2) is 8.42 Å². The maximum absolute atomic E-state index is 13.1. The summed E-state index contributed by atoms with van der Waals surface area (Å²) >= 11 is 0. The molecule has 9 heteroatoms. The second kappa shape index (κ2) is 7.37. The number of hydrogen-bond donors (Lipinski definition) is 0. The summed E-state index contributed by atoms with van der Waals surface area (Å²) in [6.07, 6.45) is 1.73. The van der Waals surface area contributed by atoms with Crippen LogP contribution in [-0.4, -0.2) is 75.4 Å². The average molecular weight is 422 g/mol. The molecule has 0 radical (unpaired) electrons. The molecule has 4 rings (SSSR count). The highest BCUT2D eigenvalue weighted by molar-refractivity contribution is 7.89. The molecule has 0 aliphatic carbocycles. The summed E-state index contributed by atoms with van der Waals surface area (Å²) in [6, 6.07) is 4.82. The van der Waals surface area contributed by atoms with Gasteiger partial charge >= 0.3 is 0 Å². The van der Waals surface area contributed by atoms with Crippen LogP contribution >= 0.6 is 0 Å². The van der Waals surface area contributed by atoms with Gasteiger partial charge in [0.15, 0.2) is 0 Å². The number of sulfonamides is 1. The number of amides is 2. The molecule has 3 heterocycles. The first-order chi connectivity index (χ1) is 13.7. The number of hydrogen-bond acceptors (Lipinski definition) is 5. The standard InChI is InChI=1S/C20H27N3O5S/c1-20(2)16-13-15(29(26,27)22-7-3-4-8-22)5-6-17(16)23(19(20)25)14-18(24)21-9-11-28-12-10-21/h5-6,13H,3-4,7-12,14H2,1-2H3. The van der Waals surface area contributed by atoms with Crippen molar-refractivity contribution in [3.63, 3.8) is 0 Å². The Morgan fingerprint density at radius 2 is 1.76 bits per heavy atom. The van der Waals surface area contributed by atoms with Crippen molar-refractivity contribution >= 4 is 27.5 Å². The van der Waals surface area contributed by atoms with Crippen molar-refractivity contribution in [1.29, 1.82) is 0 Å². The maximum atomic E-state index is 13.1. The van der Waals surface area contributed by atoms with Gasteiger partial charge in [0.05, 0.1) is 23.5 Å². The smallest absolute Gasteiger partial charge is 0.243 e. The number of carbonyl (C=O) groups is 2. The van der Waals surface area contributed by atoms with Crippen LogP contribution in [-0.2, 0) is 29.8 Å². The van der Waals surface area contributed by atoms with Crippen molar-refractivity contribution in [2.45, 2.75) is 37.0 Å². The first kappa shape index (κ1) is 20.3. The number of rotatable bonds is 4. The van der Waals surface area contributed by atoms with E-state index in [9.17, 15) is 18.0 Å². The maximum Gasteiger partial charge on any atom is 0.243 e. The van der Waals surface area contributed by atoms with Crippen LogP contribution in [0.4, 0.5) is 5.69 Å². The highest BCUT2D eigenvalue weighted by Crippen LogP contribution is 2.43. The number of nitrogens with zero attached hydrogens (tertiary/aromatic N) is 3. The summed E-state index contributed by atoms with van der Waals surface area (Å²) in [4.78, 5) is 29.2. The summed E-state index contributed by atoms with van der Waals surface area (Å²) in [7, 11) is -3.57. The molecule has 2 fully saturated rings. The molecule has 0 unspecified atom stereocenters. The SMILES string of the molecule is CC1(C)C(=O)N(CC(=O)N2CCOCC2)c2ccc(S(=O)(=O)N3CCCC3)cc21. The Morgan fingerprint density at radius 1 is 1.10 bits per heavy atom. The normalized spacial score (nSPS) is 22.2. The lowest BCUT2D eigenvalue weighted by Gasteiger charge is -2.29. The fourth-order valence-corrected chi connectivity index (χ4v) is 5.80. The summed E-state index contributed by atoms with van der Waals surface area (Å²) in [5.74, 6) is -0.316. The summed E-state index contributed by atoms with van der Waals surface area (Å²) < 4.78 is 32.7. The van der Waals surface area contributed by atoms with Crippen molar-refractivity contribution < 1.29 is 22.7 Å². The molecule has 0 aromatic heterocycles. The van der Waals surface area contributed by atoms with Crippen molar-refractivity contribution in [2.24, 2.45) is 0 Å².